The summed E-state index contributed by atoms with van der Waals surface area (Å²) in [4.78, 5) is 14.0. The molecule has 0 aliphatic carbocycles. The van der Waals surface area contributed by atoms with Crippen molar-refractivity contribution in [3.63, 3.8) is 0 Å². The Morgan fingerprint density at radius 1 is 1.35 bits per heavy atom. The van der Waals surface area contributed by atoms with Gasteiger partial charge < -0.3 is 4.90 Å². The van der Waals surface area contributed by atoms with Crippen molar-refractivity contribution in [3.05, 3.63) is 29.3 Å². The Morgan fingerprint density at radius 3 is 2.35 bits per heavy atom. The molecule has 1 aromatic rings. The summed E-state index contributed by atoms with van der Waals surface area (Å²) in [5.41, 5.74) is 0.566. The Hall–Kier alpha value is -1.40. The molecule has 0 atom stereocenters. The third-order valence-electron chi connectivity index (χ3n) is 3.75. The number of primary sulfonamides is 1. The molecule has 0 aliphatic rings. The third-order valence-corrected chi connectivity index (χ3v) is 4.72. The Morgan fingerprint density at radius 2 is 1.90 bits per heavy atom. The van der Waals surface area contributed by atoms with Crippen LogP contribution in [0, 0.1) is 6.92 Å². The quantitative estimate of drug-likeness (QED) is 0.922. The highest BCUT2D eigenvalue weighted by molar-refractivity contribution is 7.89. The molecule has 1 aromatic carbocycles. The second kappa shape index (κ2) is 5.54. The van der Waals surface area contributed by atoms with Gasteiger partial charge in [-0.3, -0.25) is 4.79 Å². The Kier molecular flexibility index (Phi) is 4.61. The number of hydrogen-bond acceptors (Lipinski definition) is 3. The van der Waals surface area contributed by atoms with Crippen LogP contribution in [-0.2, 0) is 10.0 Å². The van der Waals surface area contributed by atoms with Gasteiger partial charge in [0.2, 0.25) is 10.0 Å². The van der Waals surface area contributed by atoms with Crippen molar-refractivity contribution in [1.29, 1.82) is 0 Å². The minimum absolute atomic E-state index is 0.122. The lowest BCUT2D eigenvalue weighted by Gasteiger charge is -2.35. The Labute approximate surface area is 120 Å². The molecule has 6 heteroatoms. The summed E-state index contributed by atoms with van der Waals surface area (Å²) in [7, 11) is -2.26. The van der Waals surface area contributed by atoms with E-state index in [2.05, 4.69) is 0 Å². The highest BCUT2D eigenvalue weighted by Crippen LogP contribution is 2.23. The Bertz CT molecular complexity index is 621. The topological polar surface area (TPSA) is 80.5 Å². The van der Waals surface area contributed by atoms with E-state index in [0.29, 0.717) is 0 Å². The van der Waals surface area contributed by atoms with Gasteiger partial charge in [-0.25, -0.2) is 13.6 Å². The van der Waals surface area contributed by atoms with E-state index in [0.717, 1.165) is 12.0 Å². The highest BCUT2D eigenvalue weighted by atomic mass is 32.2. The summed E-state index contributed by atoms with van der Waals surface area (Å²) in [6.45, 7) is 7.63. The predicted octanol–water partition coefficient (Wildman–Crippen LogP) is 1.90. The molecule has 0 aliphatic heterocycles. The van der Waals surface area contributed by atoms with E-state index >= 15 is 0 Å². The molecule has 5 nitrogen and oxygen atoms in total. The molecule has 0 fully saturated rings. The summed E-state index contributed by atoms with van der Waals surface area (Å²) in [6, 6.07) is 4.57. The minimum atomic E-state index is -3.93. The normalized spacial score (nSPS) is 12.3. The van der Waals surface area contributed by atoms with E-state index in [9.17, 15) is 13.2 Å². The van der Waals surface area contributed by atoms with Crippen LogP contribution in [0.3, 0.4) is 0 Å². The number of benzene rings is 1. The SMILES string of the molecule is CCC(C)(C)N(C)C(=O)c1cc(C)ccc1S(N)(=O)=O. The number of sulfonamides is 1. The van der Waals surface area contributed by atoms with Crippen molar-refractivity contribution in [2.75, 3.05) is 7.05 Å². The molecule has 0 bridgehead atoms. The lowest BCUT2D eigenvalue weighted by Crippen LogP contribution is -2.45. The van der Waals surface area contributed by atoms with Gasteiger partial charge in [-0.05, 0) is 39.3 Å². The smallest absolute Gasteiger partial charge is 0.255 e. The molecule has 2 N–H and O–H groups in total. The van der Waals surface area contributed by atoms with Crippen molar-refractivity contribution >= 4 is 15.9 Å². The average Bonchev–Trinajstić information content (AvgIpc) is 2.35. The fourth-order valence-electron chi connectivity index (χ4n) is 1.75. The summed E-state index contributed by atoms with van der Waals surface area (Å²) in [5.74, 6) is -0.343. The molecule has 20 heavy (non-hydrogen) atoms. The lowest BCUT2D eigenvalue weighted by molar-refractivity contribution is 0.0616. The maximum absolute atomic E-state index is 12.6. The first-order chi connectivity index (χ1) is 9.00. The molecule has 0 unspecified atom stereocenters. The van der Waals surface area contributed by atoms with E-state index in [-0.39, 0.29) is 21.9 Å². The molecule has 0 saturated carbocycles. The van der Waals surface area contributed by atoms with Gasteiger partial charge in [0.05, 0.1) is 10.5 Å². The standard InChI is InChI=1S/C14H22N2O3S/c1-6-14(3,4)16(5)13(17)11-9-10(2)7-8-12(11)20(15,18)19/h7-9H,6H2,1-5H3,(H2,15,18,19). The van der Waals surface area contributed by atoms with Crippen molar-refractivity contribution in [2.45, 2.75) is 44.6 Å². The van der Waals surface area contributed by atoms with Crippen LogP contribution in [0.1, 0.15) is 43.1 Å². The van der Waals surface area contributed by atoms with Crippen LogP contribution in [0.2, 0.25) is 0 Å². The third kappa shape index (κ3) is 3.37. The van der Waals surface area contributed by atoms with E-state index in [1.54, 1.807) is 31.0 Å². The highest BCUT2D eigenvalue weighted by Gasteiger charge is 2.29. The van der Waals surface area contributed by atoms with Gasteiger partial charge in [0, 0.05) is 12.6 Å². The van der Waals surface area contributed by atoms with Crippen LogP contribution in [0.5, 0.6) is 0 Å². The van der Waals surface area contributed by atoms with Gasteiger partial charge in [-0.15, -0.1) is 0 Å². The van der Waals surface area contributed by atoms with Crippen LogP contribution in [0.25, 0.3) is 0 Å². The summed E-state index contributed by atoms with van der Waals surface area (Å²) in [5, 5.41) is 5.19. The summed E-state index contributed by atoms with van der Waals surface area (Å²) in [6.07, 6.45) is 0.756. The zero-order valence-corrected chi connectivity index (χ0v) is 13.4. The molecule has 112 valence electrons. The number of rotatable bonds is 4. The van der Waals surface area contributed by atoms with Crippen LogP contribution in [-0.4, -0.2) is 31.8 Å². The first-order valence-electron chi connectivity index (χ1n) is 6.42. The van der Waals surface area contributed by atoms with Crippen LogP contribution >= 0.6 is 0 Å². The number of carbonyl (C=O) groups excluding carboxylic acids is 1. The molecule has 0 aromatic heterocycles. The van der Waals surface area contributed by atoms with Crippen molar-refractivity contribution < 1.29 is 13.2 Å². The first-order valence-corrected chi connectivity index (χ1v) is 7.97. The number of hydrogen-bond donors (Lipinski definition) is 1. The number of amides is 1. The van der Waals surface area contributed by atoms with Gasteiger partial charge in [-0.2, -0.15) is 0 Å². The molecule has 1 amide bonds. The summed E-state index contributed by atoms with van der Waals surface area (Å²) >= 11 is 0. The van der Waals surface area contributed by atoms with E-state index in [1.165, 1.54) is 6.07 Å². The molecular weight excluding hydrogens is 276 g/mol. The largest absolute Gasteiger partial charge is 0.337 e. The summed E-state index contributed by atoms with van der Waals surface area (Å²) < 4.78 is 23.2. The minimum Gasteiger partial charge on any atom is -0.337 e. The van der Waals surface area contributed by atoms with Crippen LogP contribution in [0.4, 0.5) is 0 Å². The number of aryl methyl sites for hydroxylation is 1. The number of nitrogens with zero attached hydrogens (tertiary/aromatic N) is 1. The van der Waals surface area contributed by atoms with Crippen molar-refractivity contribution in [3.8, 4) is 0 Å². The van der Waals surface area contributed by atoms with Crippen molar-refractivity contribution in [1.82, 2.24) is 4.90 Å². The van der Waals surface area contributed by atoms with E-state index in [4.69, 9.17) is 5.14 Å². The molecule has 0 radical (unpaired) electrons. The van der Waals surface area contributed by atoms with Gasteiger partial charge in [0.25, 0.3) is 5.91 Å². The maximum Gasteiger partial charge on any atom is 0.255 e. The fraction of sp³-hybridized carbons (Fsp3) is 0.500. The Balaban J connectivity index is 3.40. The van der Waals surface area contributed by atoms with Gasteiger partial charge in [0.15, 0.2) is 0 Å². The molecule has 0 heterocycles. The van der Waals surface area contributed by atoms with Gasteiger partial charge in [-0.1, -0.05) is 18.6 Å². The predicted molar refractivity (Wildman–Crippen MR) is 79.0 cm³/mol. The zero-order valence-electron chi connectivity index (χ0n) is 12.6. The molecular formula is C14H22N2O3S. The van der Waals surface area contributed by atoms with E-state index in [1.807, 2.05) is 20.8 Å². The average molecular weight is 298 g/mol. The zero-order chi connectivity index (χ0) is 15.7. The van der Waals surface area contributed by atoms with Crippen LogP contribution in [0.15, 0.2) is 23.1 Å². The first kappa shape index (κ1) is 16.7. The molecule has 0 spiro atoms. The van der Waals surface area contributed by atoms with Crippen molar-refractivity contribution in [2.24, 2.45) is 5.14 Å². The lowest BCUT2D eigenvalue weighted by atomic mass is 9.98. The van der Waals surface area contributed by atoms with E-state index < -0.39 is 10.0 Å². The fourth-order valence-corrected chi connectivity index (χ4v) is 2.46. The molecule has 0 saturated heterocycles. The number of nitrogens with two attached hydrogens (primary N) is 1. The van der Waals surface area contributed by atoms with Gasteiger partial charge >= 0.3 is 0 Å². The number of carbonyl (C=O) groups is 1. The second-order valence-corrected chi connectivity index (χ2v) is 7.10. The van der Waals surface area contributed by atoms with Crippen LogP contribution < -0.4 is 5.14 Å². The monoisotopic (exact) mass is 298 g/mol. The molecule has 1 rings (SSSR count). The maximum atomic E-state index is 12.6. The second-order valence-electron chi connectivity index (χ2n) is 5.57. The van der Waals surface area contributed by atoms with Gasteiger partial charge in [0.1, 0.15) is 0 Å².